The van der Waals surface area contributed by atoms with Gasteiger partial charge in [-0.15, -0.1) is 0 Å². The van der Waals surface area contributed by atoms with Gasteiger partial charge < -0.3 is 14.8 Å². The Morgan fingerprint density at radius 2 is 1.67 bits per heavy atom. The lowest BCUT2D eigenvalue weighted by Crippen LogP contribution is -2.48. The van der Waals surface area contributed by atoms with Crippen LogP contribution < -0.4 is 14.8 Å². The number of piperazine rings is 1. The second-order valence-electron chi connectivity index (χ2n) is 6.64. The largest absolute Gasteiger partial charge is 0.497 e. The number of hydrogen-bond donors (Lipinski definition) is 1. The number of anilines is 1. The molecule has 0 aliphatic carbocycles. The second-order valence-corrected chi connectivity index (χ2v) is 6.64. The molecule has 0 saturated carbocycles. The van der Waals surface area contributed by atoms with Crippen LogP contribution in [0.5, 0.6) is 11.5 Å². The highest BCUT2D eigenvalue weighted by Gasteiger charge is 2.20. The van der Waals surface area contributed by atoms with Gasteiger partial charge in [-0.25, -0.2) is 0 Å². The molecule has 1 fully saturated rings. The Hall–Kier alpha value is -2.57. The van der Waals surface area contributed by atoms with Crippen molar-refractivity contribution < 1.29 is 14.3 Å². The van der Waals surface area contributed by atoms with Crippen LogP contribution in [0.25, 0.3) is 0 Å². The lowest BCUT2D eigenvalue weighted by atomic mass is 10.1. The summed E-state index contributed by atoms with van der Waals surface area (Å²) in [5.41, 5.74) is 1.96. The first-order chi connectivity index (χ1) is 13.2. The highest BCUT2D eigenvalue weighted by Crippen LogP contribution is 2.25. The lowest BCUT2D eigenvalue weighted by Gasteiger charge is -2.34. The van der Waals surface area contributed by atoms with E-state index in [4.69, 9.17) is 9.47 Å². The first kappa shape index (κ1) is 19.2. The Kier molecular flexibility index (Phi) is 6.68. The van der Waals surface area contributed by atoms with Gasteiger partial charge in [-0.05, 0) is 30.3 Å². The molecule has 0 atom stereocenters. The maximum Gasteiger partial charge on any atom is 0.238 e. The molecule has 1 saturated heterocycles. The predicted molar refractivity (Wildman–Crippen MR) is 106 cm³/mol. The van der Waals surface area contributed by atoms with Crippen LogP contribution in [-0.4, -0.2) is 62.7 Å². The minimum atomic E-state index is 0.0316. The lowest BCUT2D eigenvalue weighted by molar-refractivity contribution is -0.117. The molecule has 1 aliphatic heterocycles. The van der Waals surface area contributed by atoms with E-state index in [0.717, 1.165) is 55.5 Å². The molecule has 2 aromatic carbocycles. The highest BCUT2D eigenvalue weighted by atomic mass is 16.5. The number of carbonyl (C=O) groups excluding carboxylic acids is 1. The van der Waals surface area contributed by atoms with Crippen molar-refractivity contribution in [3.63, 3.8) is 0 Å². The van der Waals surface area contributed by atoms with Crippen LogP contribution in [0, 0.1) is 0 Å². The third-order valence-corrected chi connectivity index (χ3v) is 4.77. The van der Waals surface area contributed by atoms with E-state index in [0.29, 0.717) is 6.54 Å². The maximum absolute atomic E-state index is 12.2. The van der Waals surface area contributed by atoms with Gasteiger partial charge in [0.05, 0.1) is 20.8 Å². The van der Waals surface area contributed by atoms with Gasteiger partial charge in [0, 0.05) is 44.0 Å². The monoisotopic (exact) mass is 369 g/mol. The molecule has 0 aromatic heterocycles. The molecular formula is C21H27N3O3. The standard InChI is InChI=1S/C21H27N3O3/c1-26-19-8-9-20(27-2)17(14-19)15-23-10-12-24(13-11-23)16-21(25)22-18-6-4-3-5-7-18/h3-9,14H,10-13,15-16H2,1-2H3,(H,22,25). The normalized spacial score (nSPS) is 15.3. The Labute approximate surface area is 160 Å². The molecule has 3 rings (SSSR count). The van der Waals surface area contributed by atoms with Crippen molar-refractivity contribution in [3.05, 3.63) is 54.1 Å². The van der Waals surface area contributed by atoms with Crippen LogP contribution in [-0.2, 0) is 11.3 Å². The third kappa shape index (κ3) is 5.45. The van der Waals surface area contributed by atoms with Gasteiger partial charge in [0.2, 0.25) is 5.91 Å². The summed E-state index contributed by atoms with van der Waals surface area (Å²) < 4.78 is 10.8. The van der Waals surface area contributed by atoms with Crippen molar-refractivity contribution in [2.75, 3.05) is 52.3 Å². The number of benzene rings is 2. The van der Waals surface area contributed by atoms with E-state index in [9.17, 15) is 4.79 Å². The summed E-state index contributed by atoms with van der Waals surface area (Å²) in [4.78, 5) is 16.8. The van der Waals surface area contributed by atoms with Crippen molar-refractivity contribution in [1.82, 2.24) is 9.80 Å². The molecule has 2 aromatic rings. The molecule has 0 spiro atoms. The summed E-state index contributed by atoms with van der Waals surface area (Å²) >= 11 is 0. The average molecular weight is 369 g/mol. The minimum absolute atomic E-state index is 0.0316. The van der Waals surface area contributed by atoms with Gasteiger partial charge in [0.25, 0.3) is 0 Å². The van der Waals surface area contributed by atoms with Crippen molar-refractivity contribution in [2.45, 2.75) is 6.54 Å². The smallest absolute Gasteiger partial charge is 0.238 e. The van der Waals surface area contributed by atoms with E-state index in [1.165, 1.54) is 0 Å². The van der Waals surface area contributed by atoms with Crippen molar-refractivity contribution in [1.29, 1.82) is 0 Å². The van der Waals surface area contributed by atoms with Gasteiger partial charge in [-0.3, -0.25) is 14.6 Å². The number of carbonyl (C=O) groups is 1. The summed E-state index contributed by atoms with van der Waals surface area (Å²) in [5.74, 6) is 1.74. The number of methoxy groups -OCH3 is 2. The number of ether oxygens (including phenoxy) is 2. The zero-order valence-electron chi connectivity index (χ0n) is 16.0. The van der Waals surface area contributed by atoms with Gasteiger partial charge in [-0.1, -0.05) is 18.2 Å². The second kappa shape index (κ2) is 9.39. The first-order valence-electron chi connectivity index (χ1n) is 9.18. The summed E-state index contributed by atoms with van der Waals surface area (Å²) in [5, 5.41) is 2.94. The van der Waals surface area contributed by atoms with Crippen LogP contribution in [0.1, 0.15) is 5.56 Å². The fraction of sp³-hybridized carbons (Fsp3) is 0.381. The van der Waals surface area contributed by atoms with Crippen LogP contribution in [0.15, 0.2) is 48.5 Å². The topological polar surface area (TPSA) is 54.0 Å². The molecule has 6 heteroatoms. The summed E-state index contributed by atoms with van der Waals surface area (Å²) in [6.45, 7) is 4.80. The molecule has 0 unspecified atom stereocenters. The number of amides is 1. The molecule has 27 heavy (non-hydrogen) atoms. The molecule has 1 heterocycles. The SMILES string of the molecule is COc1ccc(OC)c(CN2CCN(CC(=O)Nc3ccccc3)CC2)c1. The number of nitrogens with one attached hydrogen (secondary N) is 1. The predicted octanol–water partition coefficient (Wildman–Crippen LogP) is 2.46. The molecule has 144 valence electrons. The first-order valence-corrected chi connectivity index (χ1v) is 9.18. The van der Waals surface area contributed by atoms with Crippen LogP contribution in [0.4, 0.5) is 5.69 Å². The number of hydrogen-bond acceptors (Lipinski definition) is 5. The number of nitrogens with zero attached hydrogens (tertiary/aromatic N) is 2. The fourth-order valence-corrected chi connectivity index (χ4v) is 3.28. The van der Waals surface area contributed by atoms with Gasteiger partial charge in [-0.2, -0.15) is 0 Å². The van der Waals surface area contributed by atoms with E-state index in [-0.39, 0.29) is 5.91 Å². The molecule has 0 bridgehead atoms. The summed E-state index contributed by atoms with van der Waals surface area (Å²) in [6.07, 6.45) is 0. The van der Waals surface area contributed by atoms with E-state index in [1.807, 2.05) is 48.5 Å². The number of rotatable bonds is 7. The van der Waals surface area contributed by atoms with Crippen molar-refractivity contribution in [2.24, 2.45) is 0 Å². The van der Waals surface area contributed by atoms with E-state index >= 15 is 0 Å². The van der Waals surface area contributed by atoms with Gasteiger partial charge in [0.1, 0.15) is 11.5 Å². The van der Waals surface area contributed by atoms with Crippen LogP contribution in [0.3, 0.4) is 0 Å². The van der Waals surface area contributed by atoms with Crippen molar-refractivity contribution >= 4 is 11.6 Å². The van der Waals surface area contributed by atoms with E-state index < -0.39 is 0 Å². The molecule has 0 radical (unpaired) electrons. The Morgan fingerprint density at radius 3 is 2.33 bits per heavy atom. The van der Waals surface area contributed by atoms with Gasteiger partial charge >= 0.3 is 0 Å². The summed E-state index contributed by atoms with van der Waals surface area (Å²) in [7, 11) is 3.36. The Balaban J connectivity index is 1.48. The van der Waals surface area contributed by atoms with Gasteiger partial charge in [0.15, 0.2) is 0 Å². The molecule has 1 N–H and O–H groups in total. The molecular weight excluding hydrogens is 342 g/mol. The number of para-hydroxylation sites is 1. The van der Waals surface area contributed by atoms with E-state index in [2.05, 4.69) is 15.1 Å². The third-order valence-electron chi connectivity index (χ3n) is 4.77. The Bertz CT molecular complexity index is 744. The van der Waals surface area contributed by atoms with Crippen molar-refractivity contribution in [3.8, 4) is 11.5 Å². The fourth-order valence-electron chi connectivity index (χ4n) is 3.28. The molecule has 6 nitrogen and oxygen atoms in total. The highest BCUT2D eigenvalue weighted by molar-refractivity contribution is 5.92. The maximum atomic E-state index is 12.2. The van der Waals surface area contributed by atoms with Crippen LogP contribution in [0.2, 0.25) is 0 Å². The summed E-state index contributed by atoms with van der Waals surface area (Å²) in [6, 6.07) is 15.5. The minimum Gasteiger partial charge on any atom is -0.497 e. The molecule has 1 amide bonds. The van der Waals surface area contributed by atoms with E-state index in [1.54, 1.807) is 14.2 Å². The average Bonchev–Trinajstić information content (AvgIpc) is 2.70. The zero-order valence-corrected chi connectivity index (χ0v) is 16.0. The van der Waals surface area contributed by atoms with Crippen LogP contribution >= 0.6 is 0 Å². The zero-order chi connectivity index (χ0) is 19.1. The molecule has 1 aliphatic rings. The quantitative estimate of drug-likeness (QED) is 0.813. The Morgan fingerprint density at radius 1 is 0.963 bits per heavy atom.